The van der Waals surface area contributed by atoms with Crippen LogP contribution in [-0.2, 0) is 0 Å². The number of rotatable bonds is 11. The van der Waals surface area contributed by atoms with Crippen molar-refractivity contribution >= 4 is 36.5 Å². The molecule has 0 fully saturated rings. The molecule has 0 aliphatic rings. The molecule has 286 valence electrons. The highest BCUT2D eigenvalue weighted by Crippen LogP contribution is 2.33. The highest BCUT2D eigenvalue weighted by molar-refractivity contribution is 6.39. The smallest absolute Gasteiger partial charge is 0.489 e. The van der Waals surface area contributed by atoms with Crippen LogP contribution in [-0.4, -0.2) is 7.32 Å². The summed E-state index contributed by atoms with van der Waals surface area (Å²) in [4.78, 5) is 0.825. The highest BCUT2D eigenvalue weighted by atomic mass is 19.2. The van der Waals surface area contributed by atoms with Gasteiger partial charge >= 0.3 is 7.32 Å². The molecule has 56 heavy (non-hydrogen) atoms. The fourth-order valence-electron chi connectivity index (χ4n) is 5.19. The molecule has 15 heteroatoms. The number of benzene rings is 6. The molecule has 0 saturated carbocycles. The van der Waals surface area contributed by atoms with E-state index >= 15 is 0 Å². The van der Waals surface area contributed by atoms with Crippen molar-refractivity contribution in [2.75, 3.05) is 0 Å². The van der Waals surface area contributed by atoms with Crippen molar-refractivity contribution in [2.45, 2.75) is 6.92 Å². The van der Waals surface area contributed by atoms with Gasteiger partial charge in [-0.05, 0) is 31.2 Å². The van der Waals surface area contributed by atoms with E-state index in [0.717, 1.165) is 27.9 Å². The number of para-hydroxylation sites is 2. The molecule has 0 aliphatic heterocycles. The van der Waals surface area contributed by atoms with Crippen molar-refractivity contribution < 1.29 is 62.8 Å². The summed E-state index contributed by atoms with van der Waals surface area (Å²) in [6.45, 7) is 9.64. The maximum atomic E-state index is 14.7. The lowest BCUT2D eigenvalue weighted by Crippen LogP contribution is -2.97. The first-order valence-electron chi connectivity index (χ1n) is 16.2. The van der Waals surface area contributed by atoms with Crippen molar-refractivity contribution in [3.8, 4) is 17.2 Å². The molecule has 1 atom stereocenters. The number of hydrogen-bond acceptors (Lipinski definition) is 3. The molecule has 0 heterocycles. The minimum Gasteiger partial charge on any atom is -0.489 e. The minimum atomic E-state index is -2.32. The summed E-state index contributed by atoms with van der Waals surface area (Å²) in [7, 11) is -2.03. The number of hydrogen-bond donors (Lipinski definition) is 1. The molecule has 0 aliphatic carbocycles. The van der Waals surface area contributed by atoms with Crippen LogP contribution < -0.4 is 18.9 Å². The third kappa shape index (κ3) is 8.73. The van der Waals surface area contributed by atoms with Gasteiger partial charge in [-0.15, -0.1) is 6.07 Å². The molecule has 6 aromatic rings. The molecule has 4 nitrogen and oxygen atoms in total. The zero-order valence-corrected chi connectivity index (χ0v) is 28.9. The first kappa shape index (κ1) is 40.7. The topological polar surface area (TPSA) is 32.1 Å². The number of halogens is 10. The van der Waals surface area contributed by atoms with Crippen LogP contribution >= 0.6 is 0 Å². The predicted octanol–water partition coefficient (Wildman–Crippen LogP) is 10.9. The van der Waals surface area contributed by atoms with Crippen LogP contribution in [0.15, 0.2) is 110 Å². The first-order chi connectivity index (χ1) is 26.8. The molecule has 0 radical (unpaired) electrons. The molecule has 6 aromatic carbocycles. The zero-order valence-electron chi connectivity index (χ0n) is 28.9. The van der Waals surface area contributed by atoms with Gasteiger partial charge in [0.25, 0.3) is 0 Å². The van der Waals surface area contributed by atoms with Crippen LogP contribution in [0.25, 0.3) is 12.2 Å². The Morgan fingerprint density at radius 3 is 1.61 bits per heavy atom. The van der Waals surface area contributed by atoms with Crippen molar-refractivity contribution in [3.05, 3.63) is 191 Å². The SMILES string of the molecule is C=Cc1ccccc1OB(Oc1cccc([NH+](c2ccccc2)c2ccc(C)cc2)c1C=C)Oc1c(F)c(F)c(F)c(F)c1F.Fc1[c-]c(F)c(F)c(F)c1F. The van der Waals surface area contributed by atoms with Gasteiger partial charge in [0.15, 0.2) is 11.4 Å². The quantitative estimate of drug-likeness (QED) is 0.0467. The average molecular weight is 781 g/mol. The van der Waals surface area contributed by atoms with Crippen molar-refractivity contribution in [2.24, 2.45) is 0 Å². The lowest BCUT2D eigenvalue weighted by atomic mass is 10.1. The Hall–Kier alpha value is -6.48. The second-order valence-corrected chi connectivity index (χ2v) is 11.5. The molecule has 1 unspecified atom stereocenters. The van der Waals surface area contributed by atoms with E-state index in [1.165, 1.54) is 24.3 Å². The monoisotopic (exact) mass is 781 g/mol. The summed E-state index contributed by atoms with van der Waals surface area (Å²) < 4.78 is 148. The number of aryl methyl sites for hydroxylation is 1. The Morgan fingerprint density at radius 1 is 0.518 bits per heavy atom. The van der Waals surface area contributed by atoms with E-state index in [1.807, 2.05) is 67.6 Å². The second kappa shape index (κ2) is 17.8. The summed E-state index contributed by atoms with van der Waals surface area (Å²) >= 11 is 0. The predicted molar refractivity (Wildman–Crippen MR) is 190 cm³/mol. The van der Waals surface area contributed by atoms with Gasteiger partial charge in [-0.25, -0.2) is 31.2 Å². The summed E-state index contributed by atoms with van der Waals surface area (Å²) in [5.41, 5.74) is 4.41. The van der Waals surface area contributed by atoms with Gasteiger partial charge in [0.05, 0.1) is 34.6 Å². The van der Waals surface area contributed by atoms with Crippen LogP contribution in [0.2, 0.25) is 0 Å². The Balaban J connectivity index is 0.000000470. The molecule has 0 spiro atoms. The lowest BCUT2D eigenvalue weighted by Gasteiger charge is -2.23. The normalized spacial score (nSPS) is 11.2. The molecule has 1 N–H and O–H groups in total. The summed E-state index contributed by atoms with van der Waals surface area (Å²) in [6, 6.07) is 30.0. The largest absolute Gasteiger partial charge is 0.864 e. The van der Waals surface area contributed by atoms with E-state index < -0.39 is 71.2 Å². The Morgan fingerprint density at radius 2 is 1.02 bits per heavy atom. The molecular formula is C41H26BF10NO3. The Labute approximate surface area is 314 Å². The van der Waals surface area contributed by atoms with E-state index in [2.05, 4.69) is 13.2 Å². The fourth-order valence-corrected chi connectivity index (χ4v) is 5.19. The average Bonchev–Trinajstić information content (AvgIpc) is 3.21. The summed E-state index contributed by atoms with van der Waals surface area (Å²) in [5, 5.41) is 0. The molecule has 6 rings (SSSR count). The van der Waals surface area contributed by atoms with Crippen LogP contribution in [0.5, 0.6) is 17.2 Å². The third-order valence-electron chi connectivity index (χ3n) is 7.90. The Kier molecular flexibility index (Phi) is 12.9. The number of quaternary nitrogens is 1. The number of nitrogens with one attached hydrogen (secondary N) is 1. The van der Waals surface area contributed by atoms with Gasteiger partial charge in [-0.3, -0.25) is 8.78 Å². The van der Waals surface area contributed by atoms with Gasteiger partial charge in [0, 0.05) is 23.8 Å². The van der Waals surface area contributed by atoms with Gasteiger partial charge < -0.3 is 14.0 Å². The fraction of sp³-hybridized carbons (Fsp3) is 0.0244. The molecular weight excluding hydrogens is 755 g/mol. The second-order valence-electron chi connectivity index (χ2n) is 11.5. The van der Waals surface area contributed by atoms with Gasteiger partial charge in [0.1, 0.15) is 22.9 Å². The van der Waals surface area contributed by atoms with Crippen molar-refractivity contribution in [1.29, 1.82) is 0 Å². The van der Waals surface area contributed by atoms with Crippen LogP contribution in [0.4, 0.5) is 61.0 Å². The molecule has 0 bridgehead atoms. The van der Waals surface area contributed by atoms with E-state index in [-0.39, 0.29) is 11.5 Å². The first-order valence-corrected chi connectivity index (χ1v) is 16.2. The molecule has 0 amide bonds. The van der Waals surface area contributed by atoms with E-state index in [0.29, 0.717) is 16.8 Å². The van der Waals surface area contributed by atoms with Gasteiger partial charge in [-0.2, -0.15) is 8.78 Å². The van der Waals surface area contributed by atoms with Crippen molar-refractivity contribution in [1.82, 2.24) is 0 Å². The van der Waals surface area contributed by atoms with E-state index in [9.17, 15) is 43.9 Å². The van der Waals surface area contributed by atoms with Crippen LogP contribution in [0.1, 0.15) is 16.7 Å². The summed E-state index contributed by atoms with van der Waals surface area (Å²) in [6.07, 6.45) is 2.97. The van der Waals surface area contributed by atoms with E-state index in [4.69, 9.17) is 14.0 Å². The highest BCUT2D eigenvalue weighted by Gasteiger charge is 2.38. The van der Waals surface area contributed by atoms with Crippen LogP contribution in [0.3, 0.4) is 0 Å². The lowest BCUT2D eigenvalue weighted by molar-refractivity contribution is -0.681. The maximum absolute atomic E-state index is 14.7. The van der Waals surface area contributed by atoms with Gasteiger partial charge in [-0.1, -0.05) is 85.5 Å². The van der Waals surface area contributed by atoms with E-state index in [1.54, 1.807) is 24.3 Å². The minimum absolute atomic E-state index is 0.0907. The molecule has 0 saturated heterocycles. The summed E-state index contributed by atoms with van der Waals surface area (Å²) in [5.74, 6) is -22.5. The Bertz CT molecular complexity index is 2320. The van der Waals surface area contributed by atoms with Crippen molar-refractivity contribution in [3.63, 3.8) is 0 Å². The van der Waals surface area contributed by atoms with Crippen LogP contribution in [0, 0.1) is 71.2 Å². The third-order valence-corrected chi connectivity index (χ3v) is 7.90. The standard InChI is InChI=1S/C35H25BF5NO3.C6F5/c1-4-23-12-9-10-16-28(23)43-36(45-35-33(40)31(38)30(37)32(39)34(35)41)44-29-17-11-15-27(26(29)5-2)42(24-13-7-6-8-14-24)25-20-18-22(3)19-21-25;7-2-1-3(8)5(10)6(11)4(2)9/h4-21H,1-2H2,3H3;/q;-1/p+1. The van der Waals surface area contributed by atoms with Gasteiger partial charge in [0.2, 0.25) is 29.1 Å². The molecule has 0 aromatic heterocycles. The maximum Gasteiger partial charge on any atom is 0.864 e. The zero-order chi connectivity index (χ0) is 40.7.